The molecule has 4 aromatic rings. The first-order valence-electron chi connectivity index (χ1n) is 16.2. The van der Waals surface area contributed by atoms with E-state index in [4.69, 9.17) is 14.2 Å². The summed E-state index contributed by atoms with van der Waals surface area (Å²) in [7, 11) is 0. The van der Waals surface area contributed by atoms with Crippen molar-refractivity contribution >= 4 is 21.8 Å². The van der Waals surface area contributed by atoms with Crippen molar-refractivity contribution in [1.82, 2.24) is 24.6 Å². The number of aryl methyl sites for hydroxylation is 1. The molecule has 3 aliphatic rings. The van der Waals surface area contributed by atoms with Crippen LogP contribution in [-0.2, 0) is 4.74 Å². The van der Waals surface area contributed by atoms with Crippen molar-refractivity contribution in [2.75, 3.05) is 26.3 Å². The lowest BCUT2D eigenvalue weighted by Crippen LogP contribution is -2.43. The van der Waals surface area contributed by atoms with Crippen LogP contribution in [0.2, 0.25) is 0 Å². The molecule has 0 radical (unpaired) electrons. The fraction of sp³-hybridized carbons (Fsp3) is 0.559. The van der Waals surface area contributed by atoms with Crippen LogP contribution in [0.15, 0.2) is 18.3 Å². The van der Waals surface area contributed by atoms with Crippen molar-refractivity contribution in [1.29, 1.82) is 0 Å². The van der Waals surface area contributed by atoms with Gasteiger partial charge in [0, 0.05) is 36.1 Å². The summed E-state index contributed by atoms with van der Waals surface area (Å²) in [5, 5.41) is 4.52. The van der Waals surface area contributed by atoms with Crippen LogP contribution >= 0.6 is 0 Å². The maximum absolute atomic E-state index is 16.9. The van der Waals surface area contributed by atoms with Crippen LogP contribution in [0.25, 0.3) is 32.9 Å². The zero-order chi connectivity index (χ0) is 33.2. The molecule has 47 heavy (non-hydrogen) atoms. The molecule has 0 saturated carbocycles. The predicted molar refractivity (Wildman–Crippen MR) is 166 cm³/mol. The summed E-state index contributed by atoms with van der Waals surface area (Å²) in [6.07, 6.45) is 1.29. The number of halogens is 5. The van der Waals surface area contributed by atoms with E-state index in [0.717, 1.165) is 38.3 Å². The van der Waals surface area contributed by atoms with Crippen molar-refractivity contribution in [2.45, 2.75) is 96.2 Å². The number of nitrogens with zero attached hydrogens (tertiary/aromatic N) is 5. The SMILES string of the molecule is Cc1cc2c(cnn2C2CCCCO2)c(-c2c(F)cc3c(OC(C)(C)C)nc(OC[C@@]45CCCN4C[C@H](F)C5)nc3c2F)c1C(F)F. The molecular weight excluding hydrogens is 621 g/mol. The molecule has 2 aromatic heterocycles. The summed E-state index contributed by atoms with van der Waals surface area (Å²) in [6, 6.07) is 2.34. The molecule has 8 nitrogen and oxygen atoms in total. The van der Waals surface area contributed by atoms with E-state index in [-0.39, 0.29) is 45.9 Å². The van der Waals surface area contributed by atoms with Crippen molar-refractivity contribution < 1.29 is 36.2 Å². The Bertz CT molecular complexity index is 1840. The van der Waals surface area contributed by atoms with E-state index in [2.05, 4.69) is 20.0 Å². The summed E-state index contributed by atoms with van der Waals surface area (Å²) < 4.78 is 96.6. The van der Waals surface area contributed by atoms with Gasteiger partial charge in [0.05, 0.1) is 28.2 Å². The van der Waals surface area contributed by atoms with Crippen LogP contribution in [0.5, 0.6) is 11.9 Å². The highest BCUT2D eigenvalue weighted by Gasteiger charge is 2.49. The minimum Gasteiger partial charge on any atom is -0.471 e. The topological polar surface area (TPSA) is 74.5 Å². The van der Waals surface area contributed by atoms with Crippen molar-refractivity contribution in [3.05, 3.63) is 41.1 Å². The summed E-state index contributed by atoms with van der Waals surface area (Å²) >= 11 is 0. The molecule has 3 saturated heterocycles. The second-order valence-electron chi connectivity index (χ2n) is 14.0. The average molecular weight is 660 g/mol. The fourth-order valence-electron chi connectivity index (χ4n) is 7.49. The quantitative estimate of drug-likeness (QED) is 0.186. The highest BCUT2D eigenvalue weighted by Crippen LogP contribution is 2.45. The molecule has 0 aliphatic carbocycles. The van der Waals surface area contributed by atoms with E-state index in [1.54, 1.807) is 31.5 Å². The van der Waals surface area contributed by atoms with Gasteiger partial charge >= 0.3 is 6.01 Å². The normalized spacial score (nSPS) is 23.7. The number of aromatic nitrogens is 4. The third-order valence-corrected chi connectivity index (χ3v) is 9.51. The molecular formula is C34H38F5N5O3. The fourth-order valence-corrected chi connectivity index (χ4v) is 7.49. The van der Waals surface area contributed by atoms with Gasteiger partial charge in [-0.15, -0.1) is 0 Å². The van der Waals surface area contributed by atoms with Gasteiger partial charge in [0.15, 0.2) is 12.0 Å². The Morgan fingerprint density at radius 3 is 2.62 bits per heavy atom. The lowest BCUT2D eigenvalue weighted by Gasteiger charge is -2.31. The Hall–Kier alpha value is -3.58. The van der Waals surface area contributed by atoms with E-state index < -0.39 is 52.7 Å². The minimum atomic E-state index is -3.04. The van der Waals surface area contributed by atoms with Crippen LogP contribution in [-0.4, -0.2) is 68.3 Å². The number of benzene rings is 2. The molecule has 2 aromatic carbocycles. The van der Waals surface area contributed by atoms with Crippen LogP contribution in [0, 0.1) is 18.6 Å². The highest BCUT2D eigenvalue weighted by atomic mass is 19.3. The molecule has 3 fully saturated rings. The van der Waals surface area contributed by atoms with Crippen LogP contribution in [0.3, 0.4) is 0 Å². The Kier molecular flexibility index (Phi) is 8.05. The monoisotopic (exact) mass is 659 g/mol. The number of rotatable bonds is 7. The first-order chi connectivity index (χ1) is 22.3. The maximum Gasteiger partial charge on any atom is 0.320 e. The molecule has 3 atom stereocenters. The summed E-state index contributed by atoms with van der Waals surface area (Å²) in [5.74, 6) is -2.36. The van der Waals surface area contributed by atoms with Gasteiger partial charge < -0.3 is 14.2 Å². The van der Waals surface area contributed by atoms with Crippen LogP contribution < -0.4 is 9.47 Å². The Labute approximate surface area is 269 Å². The van der Waals surface area contributed by atoms with Gasteiger partial charge in [0.1, 0.15) is 29.7 Å². The van der Waals surface area contributed by atoms with Gasteiger partial charge in [-0.3, -0.25) is 4.90 Å². The maximum atomic E-state index is 16.9. The number of alkyl halides is 3. The lowest BCUT2D eigenvalue weighted by atomic mass is 9.91. The summed E-state index contributed by atoms with van der Waals surface area (Å²) in [5.41, 5.74) is -2.57. The molecule has 252 valence electrons. The van der Waals surface area contributed by atoms with E-state index in [0.29, 0.717) is 31.5 Å². The molecule has 0 spiro atoms. The number of fused-ring (bicyclic) bond motifs is 3. The molecule has 7 rings (SSSR count). The highest BCUT2D eigenvalue weighted by molar-refractivity contribution is 6.00. The van der Waals surface area contributed by atoms with Crippen LogP contribution in [0.1, 0.15) is 83.1 Å². The standard InChI is InChI=1S/C34H38F5N5O3/c1-18-12-23-21(15-40-44(23)24-8-5-6-11-45-24)26(25(18)30(38)39)27-22(36)13-20-29(28(27)37)41-32(42-31(20)47-33(2,3)4)46-17-34-9-7-10-43(34)16-19(35)14-34/h12-13,15,19,24,30H,5-11,14,16-17H2,1-4H3/t19-,24?,34+/m1/s1. The zero-order valence-corrected chi connectivity index (χ0v) is 26.9. The van der Waals surface area contributed by atoms with Gasteiger partial charge in [0.25, 0.3) is 6.43 Å². The van der Waals surface area contributed by atoms with Crippen molar-refractivity contribution in [3.63, 3.8) is 0 Å². The van der Waals surface area contributed by atoms with Crippen molar-refractivity contribution in [3.8, 4) is 23.0 Å². The molecule has 0 N–H and O–H groups in total. The first kappa shape index (κ1) is 32.0. The molecule has 0 amide bonds. The molecule has 5 heterocycles. The minimum absolute atomic E-state index is 0.0695. The Morgan fingerprint density at radius 2 is 1.89 bits per heavy atom. The summed E-state index contributed by atoms with van der Waals surface area (Å²) in [4.78, 5) is 10.8. The van der Waals surface area contributed by atoms with Crippen molar-refractivity contribution in [2.24, 2.45) is 0 Å². The van der Waals surface area contributed by atoms with E-state index in [1.807, 2.05) is 0 Å². The van der Waals surface area contributed by atoms with E-state index in [1.165, 1.54) is 13.1 Å². The number of hydrogen-bond acceptors (Lipinski definition) is 7. The zero-order valence-electron chi connectivity index (χ0n) is 26.9. The predicted octanol–water partition coefficient (Wildman–Crippen LogP) is 8.00. The Balaban J connectivity index is 1.40. The van der Waals surface area contributed by atoms with E-state index in [9.17, 15) is 13.2 Å². The smallest absolute Gasteiger partial charge is 0.320 e. The second kappa shape index (κ2) is 11.8. The second-order valence-corrected chi connectivity index (χ2v) is 14.0. The van der Waals surface area contributed by atoms with Gasteiger partial charge in [-0.2, -0.15) is 15.1 Å². The lowest BCUT2D eigenvalue weighted by molar-refractivity contribution is -0.0366. The number of ether oxygens (including phenoxy) is 3. The third kappa shape index (κ3) is 5.68. The molecule has 13 heteroatoms. The average Bonchev–Trinajstić information content (AvgIpc) is 3.68. The molecule has 0 bridgehead atoms. The van der Waals surface area contributed by atoms with Crippen LogP contribution in [0.4, 0.5) is 22.0 Å². The van der Waals surface area contributed by atoms with E-state index >= 15 is 8.78 Å². The van der Waals surface area contributed by atoms with Gasteiger partial charge in [-0.1, -0.05) is 0 Å². The molecule has 1 unspecified atom stereocenters. The van der Waals surface area contributed by atoms with Gasteiger partial charge in [-0.05, 0) is 84.0 Å². The Morgan fingerprint density at radius 1 is 1.09 bits per heavy atom. The van der Waals surface area contributed by atoms with Gasteiger partial charge in [0.2, 0.25) is 5.88 Å². The molecule has 3 aliphatic heterocycles. The number of hydrogen-bond donors (Lipinski definition) is 0. The third-order valence-electron chi connectivity index (χ3n) is 9.51. The first-order valence-corrected chi connectivity index (χ1v) is 16.2. The van der Waals surface area contributed by atoms with Gasteiger partial charge in [-0.25, -0.2) is 26.6 Å². The summed E-state index contributed by atoms with van der Waals surface area (Å²) in [6.45, 7) is 8.41. The largest absolute Gasteiger partial charge is 0.471 e.